The molecule has 0 radical (unpaired) electrons. The molecule has 1 aliphatic heterocycles. The van der Waals surface area contributed by atoms with E-state index in [2.05, 4.69) is 29.6 Å². The number of carboxylic acids is 1. The second-order valence-electron chi connectivity index (χ2n) is 11.5. The summed E-state index contributed by atoms with van der Waals surface area (Å²) in [5, 5.41) is 12.8. The lowest BCUT2D eigenvalue weighted by atomic mass is 9.77. The van der Waals surface area contributed by atoms with E-state index in [1.54, 1.807) is 4.90 Å². The Morgan fingerprint density at radius 2 is 1.62 bits per heavy atom. The molecule has 5 rings (SSSR count). The predicted octanol–water partition coefficient (Wildman–Crippen LogP) is 5.13. The van der Waals surface area contributed by atoms with E-state index in [-0.39, 0.29) is 31.5 Å². The highest BCUT2D eigenvalue weighted by molar-refractivity contribution is 5.87. The van der Waals surface area contributed by atoms with E-state index in [0.29, 0.717) is 32.4 Å². The third kappa shape index (κ3) is 6.19. The fraction of sp³-hybridized carbons (Fsp3) is 0.382. The summed E-state index contributed by atoms with van der Waals surface area (Å²) in [7, 11) is 1.90. The zero-order valence-electron chi connectivity index (χ0n) is 24.3. The molecule has 0 spiro atoms. The van der Waals surface area contributed by atoms with Gasteiger partial charge >= 0.3 is 12.1 Å². The number of carboxylic acid groups (broad SMARTS) is 1. The highest BCUT2D eigenvalue weighted by Gasteiger charge is 2.43. The van der Waals surface area contributed by atoms with Crippen molar-refractivity contribution in [3.05, 3.63) is 95.6 Å². The van der Waals surface area contributed by atoms with Crippen LogP contribution in [0.1, 0.15) is 48.8 Å². The lowest BCUT2D eigenvalue weighted by Crippen LogP contribution is -2.57. The number of ether oxygens (including phenoxy) is 1. The first-order valence-electron chi connectivity index (χ1n) is 14.7. The van der Waals surface area contributed by atoms with Gasteiger partial charge in [-0.1, -0.05) is 85.8 Å². The minimum atomic E-state index is -0.974. The lowest BCUT2D eigenvalue weighted by molar-refractivity contribution is -0.155. The Hall–Kier alpha value is -4.17. The molecule has 0 bridgehead atoms. The van der Waals surface area contributed by atoms with Gasteiger partial charge in [-0.2, -0.15) is 0 Å². The van der Waals surface area contributed by atoms with E-state index < -0.39 is 23.5 Å². The number of nitrogens with one attached hydrogen (secondary N) is 1. The first kappa shape index (κ1) is 29.3. The van der Waals surface area contributed by atoms with Crippen LogP contribution in [0.5, 0.6) is 0 Å². The molecular weight excluding hydrogens is 530 g/mol. The van der Waals surface area contributed by atoms with Crippen LogP contribution in [0.2, 0.25) is 0 Å². The molecule has 1 fully saturated rings. The number of fused-ring (bicyclic) bond motifs is 3. The average molecular weight is 570 g/mol. The fourth-order valence-corrected chi connectivity index (χ4v) is 6.39. The topological polar surface area (TPSA) is 99.2 Å². The third-order valence-electron chi connectivity index (χ3n) is 8.74. The smallest absolute Gasteiger partial charge is 0.407 e. The maximum Gasteiger partial charge on any atom is 0.407 e. The Morgan fingerprint density at radius 3 is 2.24 bits per heavy atom. The van der Waals surface area contributed by atoms with E-state index in [1.165, 1.54) is 0 Å². The Labute approximate surface area is 247 Å². The second-order valence-corrected chi connectivity index (χ2v) is 11.5. The fourth-order valence-electron chi connectivity index (χ4n) is 6.39. The van der Waals surface area contributed by atoms with Crippen LogP contribution in [-0.4, -0.2) is 72.2 Å². The second kappa shape index (κ2) is 12.8. The van der Waals surface area contributed by atoms with Crippen molar-refractivity contribution in [2.24, 2.45) is 5.41 Å². The van der Waals surface area contributed by atoms with Gasteiger partial charge in [0.05, 0.1) is 5.41 Å². The molecule has 1 aliphatic carbocycles. The van der Waals surface area contributed by atoms with E-state index in [0.717, 1.165) is 27.8 Å². The molecular formula is C34H39N3O5. The van der Waals surface area contributed by atoms with Crippen molar-refractivity contribution in [2.75, 3.05) is 33.3 Å². The summed E-state index contributed by atoms with van der Waals surface area (Å²) in [6, 6.07) is 25.3. The first-order chi connectivity index (χ1) is 20.3. The first-order valence-corrected chi connectivity index (χ1v) is 14.7. The van der Waals surface area contributed by atoms with Crippen molar-refractivity contribution in [3.8, 4) is 11.1 Å². The standard InChI is InChI=1S/C34H39N3O5/c1-3-34(32(39)40)18-11-19-37(23-34)31(38)30(21-36(2)20-24-12-5-4-6-13-24)35-33(41)42-22-29-27-16-9-7-14-25(27)26-15-8-10-17-28(26)29/h4-10,12-17,29-30H,3,11,18-23H2,1-2H3,(H,35,41)(H,39,40). The van der Waals surface area contributed by atoms with Crippen molar-refractivity contribution in [2.45, 2.75) is 44.7 Å². The van der Waals surface area contributed by atoms with Gasteiger partial charge in [-0.05, 0) is 54.1 Å². The van der Waals surface area contributed by atoms with Crippen LogP contribution in [0, 0.1) is 5.41 Å². The molecule has 220 valence electrons. The SMILES string of the molecule is CCC1(C(=O)O)CCCN(C(=O)C(CN(C)Cc2ccccc2)NC(=O)OCC2c3ccccc3-c3ccccc32)C1. The van der Waals surface area contributed by atoms with Crippen molar-refractivity contribution in [1.29, 1.82) is 0 Å². The molecule has 0 aromatic heterocycles. The van der Waals surface area contributed by atoms with Gasteiger partial charge in [0.15, 0.2) is 0 Å². The largest absolute Gasteiger partial charge is 0.481 e. The molecule has 0 saturated carbocycles. The molecule has 42 heavy (non-hydrogen) atoms. The Kier molecular flexibility index (Phi) is 8.92. The van der Waals surface area contributed by atoms with E-state index >= 15 is 0 Å². The third-order valence-corrected chi connectivity index (χ3v) is 8.74. The molecule has 1 heterocycles. The van der Waals surface area contributed by atoms with Gasteiger partial charge in [0.2, 0.25) is 5.91 Å². The van der Waals surface area contributed by atoms with Crippen LogP contribution in [0.3, 0.4) is 0 Å². The van der Waals surface area contributed by atoms with Gasteiger partial charge in [0.1, 0.15) is 12.6 Å². The minimum absolute atomic E-state index is 0.0964. The average Bonchev–Trinajstić information content (AvgIpc) is 3.33. The van der Waals surface area contributed by atoms with Crippen molar-refractivity contribution < 1.29 is 24.2 Å². The van der Waals surface area contributed by atoms with Gasteiger partial charge < -0.3 is 20.1 Å². The summed E-state index contributed by atoms with van der Waals surface area (Å²) in [6.07, 6.45) is 0.898. The number of likely N-dealkylation sites (tertiary alicyclic amines) is 1. The van der Waals surface area contributed by atoms with Gasteiger partial charge in [-0.3, -0.25) is 14.5 Å². The van der Waals surface area contributed by atoms with Crippen molar-refractivity contribution in [1.82, 2.24) is 15.1 Å². The number of carbonyl (C=O) groups is 3. The van der Waals surface area contributed by atoms with Gasteiger partial charge in [0, 0.05) is 32.1 Å². The zero-order chi connectivity index (χ0) is 29.7. The summed E-state index contributed by atoms with van der Waals surface area (Å²) < 4.78 is 5.77. The minimum Gasteiger partial charge on any atom is -0.481 e. The number of amides is 2. The van der Waals surface area contributed by atoms with Crippen LogP contribution < -0.4 is 5.32 Å². The van der Waals surface area contributed by atoms with Gasteiger partial charge in [0.25, 0.3) is 0 Å². The normalized spacial score (nSPS) is 18.7. The summed E-state index contributed by atoms with van der Waals surface area (Å²) in [5.74, 6) is -1.27. The molecule has 2 amide bonds. The van der Waals surface area contributed by atoms with Crippen LogP contribution in [0.15, 0.2) is 78.9 Å². The molecule has 8 nitrogen and oxygen atoms in total. The number of carbonyl (C=O) groups excluding carboxylic acids is 2. The highest BCUT2D eigenvalue weighted by atomic mass is 16.5. The summed E-state index contributed by atoms with van der Waals surface area (Å²) in [4.78, 5) is 42.8. The summed E-state index contributed by atoms with van der Waals surface area (Å²) in [6.45, 7) is 3.41. The Balaban J connectivity index is 1.30. The number of aliphatic carboxylic acids is 1. The number of nitrogens with zero attached hydrogens (tertiary/aromatic N) is 2. The number of piperidine rings is 1. The Bertz CT molecular complexity index is 1380. The van der Waals surface area contributed by atoms with Crippen molar-refractivity contribution in [3.63, 3.8) is 0 Å². The Morgan fingerprint density at radius 1 is 1.00 bits per heavy atom. The number of alkyl carbamates (subject to hydrolysis) is 1. The molecule has 3 aromatic carbocycles. The van der Waals surface area contributed by atoms with Crippen LogP contribution in [-0.2, 0) is 20.9 Å². The number of likely N-dealkylation sites (N-methyl/N-ethyl adjacent to an activating group) is 1. The highest BCUT2D eigenvalue weighted by Crippen LogP contribution is 2.44. The van der Waals surface area contributed by atoms with Gasteiger partial charge in [-0.15, -0.1) is 0 Å². The number of hydrogen-bond donors (Lipinski definition) is 2. The summed E-state index contributed by atoms with van der Waals surface area (Å²) >= 11 is 0. The van der Waals surface area contributed by atoms with E-state index in [1.807, 2.05) is 73.5 Å². The maximum absolute atomic E-state index is 13.9. The van der Waals surface area contributed by atoms with Crippen molar-refractivity contribution >= 4 is 18.0 Å². The summed E-state index contributed by atoms with van der Waals surface area (Å²) in [5.41, 5.74) is 4.61. The number of benzene rings is 3. The molecule has 2 atom stereocenters. The molecule has 8 heteroatoms. The lowest BCUT2D eigenvalue weighted by Gasteiger charge is -2.41. The predicted molar refractivity (Wildman–Crippen MR) is 161 cm³/mol. The van der Waals surface area contributed by atoms with Crippen LogP contribution >= 0.6 is 0 Å². The van der Waals surface area contributed by atoms with E-state index in [4.69, 9.17) is 4.74 Å². The molecule has 1 saturated heterocycles. The molecule has 2 aliphatic rings. The number of rotatable bonds is 10. The van der Waals surface area contributed by atoms with Crippen LogP contribution in [0.4, 0.5) is 4.79 Å². The quantitative estimate of drug-likeness (QED) is 0.351. The monoisotopic (exact) mass is 569 g/mol. The molecule has 2 unspecified atom stereocenters. The molecule has 3 aromatic rings. The molecule has 2 N–H and O–H groups in total. The van der Waals surface area contributed by atoms with Gasteiger partial charge in [-0.25, -0.2) is 4.79 Å². The number of hydrogen-bond acceptors (Lipinski definition) is 5. The van der Waals surface area contributed by atoms with Crippen LogP contribution in [0.25, 0.3) is 11.1 Å². The maximum atomic E-state index is 13.9. The van der Waals surface area contributed by atoms with E-state index in [9.17, 15) is 19.5 Å². The zero-order valence-corrected chi connectivity index (χ0v) is 24.3.